The summed E-state index contributed by atoms with van der Waals surface area (Å²) in [6, 6.07) is 17.7. The number of hydrogen-bond acceptors (Lipinski definition) is 4. The summed E-state index contributed by atoms with van der Waals surface area (Å²) in [4.78, 5) is 10.7. The first kappa shape index (κ1) is 14.8. The van der Waals surface area contributed by atoms with E-state index in [2.05, 4.69) is 0 Å². The summed E-state index contributed by atoms with van der Waals surface area (Å²) in [6.07, 6.45) is 0.875. The third-order valence-electron chi connectivity index (χ3n) is 2.90. The van der Waals surface area contributed by atoms with E-state index in [0.29, 0.717) is 17.9 Å². The van der Waals surface area contributed by atoms with E-state index < -0.39 is 0 Å². The molecule has 0 fully saturated rings. The largest absolute Gasteiger partial charge is 0.508 e. The van der Waals surface area contributed by atoms with E-state index in [-0.39, 0.29) is 5.63 Å². The van der Waals surface area contributed by atoms with Crippen molar-refractivity contribution in [2.45, 2.75) is 6.42 Å². The molecule has 4 heteroatoms. The van der Waals surface area contributed by atoms with Gasteiger partial charge in [-0.2, -0.15) is 0 Å². The molecule has 108 valence electrons. The molecule has 3 aromatic rings. The van der Waals surface area contributed by atoms with Crippen molar-refractivity contribution in [3.8, 4) is 5.75 Å². The van der Waals surface area contributed by atoms with Crippen molar-refractivity contribution in [3.63, 3.8) is 0 Å². The van der Waals surface area contributed by atoms with Gasteiger partial charge in [0.1, 0.15) is 11.3 Å². The molecule has 0 atom stereocenters. The number of phenols is 1. The Morgan fingerprint density at radius 3 is 2.38 bits per heavy atom. The second-order valence-electron chi connectivity index (χ2n) is 4.50. The summed E-state index contributed by atoms with van der Waals surface area (Å²) >= 11 is 0. The Morgan fingerprint density at radius 1 is 0.952 bits per heavy atom. The first-order chi connectivity index (χ1) is 10.2. The van der Waals surface area contributed by atoms with Gasteiger partial charge in [0, 0.05) is 11.5 Å². The van der Waals surface area contributed by atoms with E-state index in [9.17, 15) is 4.79 Å². The van der Waals surface area contributed by atoms with Crippen molar-refractivity contribution in [3.05, 3.63) is 76.6 Å². The normalized spacial score (nSPS) is 9.95. The zero-order valence-corrected chi connectivity index (χ0v) is 11.5. The smallest absolute Gasteiger partial charge is 0.336 e. The number of nitrogens with two attached hydrogens (primary N) is 1. The van der Waals surface area contributed by atoms with Crippen LogP contribution in [0.1, 0.15) is 5.56 Å². The van der Waals surface area contributed by atoms with E-state index in [1.165, 1.54) is 11.6 Å². The zero-order chi connectivity index (χ0) is 15.1. The topological polar surface area (TPSA) is 76.5 Å². The van der Waals surface area contributed by atoms with Crippen molar-refractivity contribution in [1.82, 2.24) is 0 Å². The SMILES string of the molecule is NCCc1ccc(O)cc1.O=c1ccc2ccccc2o1. The number of aromatic hydroxyl groups is 1. The Balaban J connectivity index is 0.000000155. The van der Waals surface area contributed by atoms with Gasteiger partial charge in [0.25, 0.3) is 0 Å². The predicted molar refractivity (Wildman–Crippen MR) is 83.3 cm³/mol. The highest BCUT2D eigenvalue weighted by Gasteiger charge is 1.92. The summed E-state index contributed by atoms with van der Waals surface area (Å²) in [5.74, 6) is 0.306. The molecule has 0 spiro atoms. The van der Waals surface area contributed by atoms with Crippen LogP contribution in [0.15, 0.2) is 69.9 Å². The van der Waals surface area contributed by atoms with Gasteiger partial charge in [-0.1, -0.05) is 30.3 Å². The van der Waals surface area contributed by atoms with Crippen molar-refractivity contribution in [2.75, 3.05) is 6.54 Å². The van der Waals surface area contributed by atoms with Crippen molar-refractivity contribution in [1.29, 1.82) is 0 Å². The average molecular weight is 283 g/mol. The Hall–Kier alpha value is -2.59. The monoisotopic (exact) mass is 283 g/mol. The number of para-hydroxylation sites is 1. The summed E-state index contributed by atoms with van der Waals surface area (Å²) < 4.78 is 4.91. The standard InChI is InChI=1S/C9H6O2.C8H11NO/c10-9-6-5-7-3-1-2-4-8(7)11-9;9-6-5-7-1-3-8(10)4-2-7/h1-6H;1-4,10H,5-6,9H2. The highest BCUT2D eigenvalue weighted by molar-refractivity contribution is 5.75. The Labute approximate surface area is 122 Å². The van der Waals surface area contributed by atoms with E-state index in [0.717, 1.165) is 11.8 Å². The summed E-state index contributed by atoms with van der Waals surface area (Å²) in [6.45, 7) is 0.658. The quantitative estimate of drug-likeness (QED) is 0.709. The summed E-state index contributed by atoms with van der Waals surface area (Å²) in [5, 5.41) is 9.84. The maximum absolute atomic E-state index is 10.7. The van der Waals surface area contributed by atoms with E-state index in [1.807, 2.05) is 30.3 Å². The van der Waals surface area contributed by atoms with Crippen LogP contribution in [-0.4, -0.2) is 11.7 Å². The van der Waals surface area contributed by atoms with Gasteiger partial charge in [-0.05, 0) is 42.8 Å². The molecule has 1 aromatic heterocycles. The second-order valence-corrected chi connectivity index (χ2v) is 4.50. The highest BCUT2D eigenvalue weighted by atomic mass is 16.4. The van der Waals surface area contributed by atoms with Crippen LogP contribution >= 0.6 is 0 Å². The molecule has 0 saturated carbocycles. The fourth-order valence-corrected chi connectivity index (χ4v) is 1.84. The van der Waals surface area contributed by atoms with Gasteiger partial charge >= 0.3 is 5.63 Å². The van der Waals surface area contributed by atoms with Crippen molar-refractivity contribution < 1.29 is 9.52 Å². The van der Waals surface area contributed by atoms with Crippen LogP contribution in [-0.2, 0) is 6.42 Å². The Bertz CT molecular complexity index is 748. The first-order valence-electron chi connectivity index (χ1n) is 6.66. The minimum absolute atomic E-state index is 0.302. The minimum Gasteiger partial charge on any atom is -0.508 e. The van der Waals surface area contributed by atoms with Gasteiger partial charge in [0.2, 0.25) is 0 Å². The molecule has 0 unspecified atom stereocenters. The molecule has 3 N–H and O–H groups in total. The molecular weight excluding hydrogens is 266 g/mol. The zero-order valence-electron chi connectivity index (χ0n) is 11.5. The van der Waals surface area contributed by atoms with Crippen LogP contribution < -0.4 is 11.4 Å². The Kier molecular flexibility index (Phi) is 5.12. The number of rotatable bonds is 2. The van der Waals surface area contributed by atoms with Gasteiger partial charge in [-0.3, -0.25) is 0 Å². The maximum Gasteiger partial charge on any atom is 0.336 e. The predicted octanol–water partition coefficient (Wildman–Crippen LogP) is 2.69. The molecule has 21 heavy (non-hydrogen) atoms. The minimum atomic E-state index is -0.302. The molecule has 0 saturated heterocycles. The number of hydrogen-bond donors (Lipinski definition) is 2. The molecule has 0 bridgehead atoms. The summed E-state index contributed by atoms with van der Waals surface area (Å²) in [7, 11) is 0. The molecule has 0 aliphatic carbocycles. The average Bonchev–Trinajstić information content (AvgIpc) is 2.50. The fourth-order valence-electron chi connectivity index (χ4n) is 1.84. The molecule has 0 aliphatic heterocycles. The number of benzene rings is 2. The number of phenolic OH excluding ortho intramolecular Hbond substituents is 1. The van der Waals surface area contributed by atoms with Crippen LogP contribution in [0.2, 0.25) is 0 Å². The lowest BCUT2D eigenvalue weighted by Gasteiger charge is -1.96. The highest BCUT2D eigenvalue weighted by Crippen LogP contribution is 2.09. The van der Waals surface area contributed by atoms with E-state index in [4.69, 9.17) is 15.3 Å². The summed E-state index contributed by atoms with van der Waals surface area (Å²) in [5.41, 5.74) is 6.84. The third kappa shape index (κ3) is 4.47. The lowest BCUT2D eigenvalue weighted by Crippen LogP contribution is -2.01. The van der Waals surface area contributed by atoms with Crippen LogP contribution in [0.4, 0.5) is 0 Å². The lowest BCUT2D eigenvalue weighted by molar-refractivity contribution is 0.475. The molecule has 2 aromatic carbocycles. The van der Waals surface area contributed by atoms with Crippen LogP contribution in [0, 0.1) is 0 Å². The van der Waals surface area contributed by atoms with Gasteiger partial charge in [-0.25, -0.2) is 4.79 Å². The maximum atomic E-state index is 10.7. The lowest BCUT2D eigenvalue weighted by atomic mass is 10.1. The molecular formula is C17H17NO3. The molecule has 1 heterocycles. The third-order valence-corrected chi connectivity index (χ3v) is 2.90. The van der Waals surface area contributed by atoms with Gasteiger partial charge in [0.05, 0.1) is 0 Å². The van der Waals surface area contributed by atoms with E-state index >= 15 is 0 Å². The van der Waals surface area contributed by atoms with Crippen molar-refractivity contribution in [2.24, 2.45) is 5.73 Å². The van der Waals surface area contributed by atoms with Crippen LogP contribution in [0.5, 0.6) is 5.75 Å². The molecule has 3 rings (SSSR count). The van der Waals surface area contributed by atoms with Crippen molar-refractivity contribution >= 4 is 11.0 Å². The van der Waals surface area contributed by atoms with Gasteiger partial charge in [-0.15, -0.1) is 0 Å². The fraction of sp³-hybridized carbons (Fsp3) is 0.118. The number of fused-ring (bicyclic) bond motifs is 1. The van der Waals surface area contributed by atoms with E-state index in [1.54, 1.807) is 24.3 Å². The molecule has 4 nitrogen and oxygen atoms in total. The van der Waals surface area contributed by atoms with Gasteiger partial charge in [0.15, 0.2) is 0 Å². The van der Waals surface area contributed by atoms with Crippen LogP contribution in [0.25, 0.3) is 11.0 Å². The molecule has 0 aliphatic rings. The first-order valence-corrected chi connectivity index (χ1v) is 6.66. The van der Waals surface area contributed by atoms with Crippen LogP contribution in [0.3, 0.4) is 0 Å². The van der Waals surface area contributed by atoms with Gasteiger partial charge < -0.3 is 15.3 Å². The molecule has 0 radical (unpaired) electrons. The molecule has 0 amide bonds. The Morgan fingerprint density at radius 2 is 1.67 bits per heavy atom. The second kappa shape index (κ2) is 7.26.